The van der Waals surface area contributed by atoms with Crippen LogP contribution >= 0.6 is 0 Å². The molecule has 0 bridgehead atoms. The molecule has 0 saturated carbocycles. The van der Waals surface area contributed by atoms with Crippen molar-refractivity contribution in [2.75, 3.05) is 46.9 Å². The van der Waals surface area contributed by atoms with Crippen LogP contribution in [-0.4, -0.2) is 119 Å². The lowest BCUT2D eigenvalue weighted by Crippen LogP contribution is -2.60. The number of halogens is 1. The van der Waals surface area contributed by atoms with Gasteiger partial charge in [-0.3, -0.25) is 14.4 Å². The highest BCUT2D eigenvalue weighted by Crippen LogP contribution is 2.25. The largest absolute Gasteiger partial charge is 0.491 e. The summed E-state index contributed by atoms with van der Waals surface area (Å²) in [5.41, 5.74) is -0.936. The van der Waals surface area contributed by atoms with Crippen LogP contribution < -0.4 is 4.74 Å². The maximum absolute atomic E-state index is 14.2. The molecule has 1 N–H and O–H groups in total. The number of hydrogen-bond donors (Lipinski definition) is 1. The molecular formula is C26H35FN4O8. The van der Waals surface area contributed by atoms with Crippen LogP contribution in [0.5, 0.6) is 5.75 Å². The zero-order chi connectivity index (χ0) is 29.1. The Kier molecular flexibility index (Phi) is 9.03. The van der Waals surface area contributed by atoms with Crippen molar-refractivity contribution >= 4 is 29.8 Å². The SMILES string of the molecule is CN1CC(=O)N2CCN(C(=O)OC(C)(C)C)C[C@@H]2COc2ccc(F)cc2C(=O)N(C)[C@@H](C(=O)O)CCC1=O. The van der Waals surface area contributed by atoms with Gasteiger partial charge < -0.3 is 34.2 Å². The van der Waals surface area contributed by atoms with Crippen LogP contribution in [0.25, 0.3) is 0 Å². The predicted octanol–water partition coefficient (Wildman–Crippen LogP) is 1.43. The number of carbonyl (C=O) groups excluding carboxylic acids is 4. The van der Waals surface area contributed by atoms with Crippen LogP contribution in [0.4, 0.5) is 9.18 Å². The Bertz CT molecular complexity index is 1140. The van der Waals surface area contributed by atoms with Crippen molar-refractivity contribution in [2.45, 2.75) is 51.3 Å². The molecule has 214 valence electrons. The van der Waals surface area contributed by atoms with Crippen molar-refractivity contribution in [1.82, 2.24) is 19.6 Å². The lowest BCUT2D eigenvalue weighted by atomic mass is 10.1. The summed E-state index contributed by atoms with van der Waals surface area (Å²) in [4.78, 5) is 69.0. The Balaban J connectivity index is 1.97. The molecule has 2 atom stereocenters. The van der Waals surface area contributed by atoms with E-state index in [9.17, 15) is 33.5 Å². The summed E-state index contributed by atoms with van der Waals surface area (Å²) in [5, 5.41) is 9.73. The van der Waals surface area contributed by atoms with Crippen molar-refractivity contribution in [2.24, 2.45) is 0 Å². The van der Waals surface area contributed by atoms with E-state index in [1.54, 1.807) is 20.8 Å². The zero-order valence-corrected chi connectivity index (χ0v) is 22.8. The number of piperazine rings is 1. The first-order valence-electron chi connectivity index (χ1n) is 12.6. The van der Waals surface area contributed by atoms with Crippen LogP contribution in [0.1, 0.15) is 44.0 Å². The van der Waals surface area contributed by atoms with E-state index < -0.39 is 47.4 Å². The Hall–Kier alpha value is -3.90. The topological polar surface area (TPSA) is 137 Å². The second kappa shape index (κ2) is 11.9. The van der Waals surface area contributed by atoms with Gasteiger partial charge in [-0.25, -0.2) is 14.0 Å². The van der Waals surface area contributed by atoms with Gasteiger partial charge in [-0.05, 0) is 45.4 Å². The Morgan fingerprint density at radius 3 is 2.44 bits per heavy atom. The minimum Gasteiger partial charge on any atom is -0.491 e. The van der Waals surface area contributed by atoms with Gasteiger partial charge in [0.25, 0.3) is 5.91 Å². The molecule has 13 heteroatoms. The van der Waals surface area contributed by atoms with Gasteiger partial charge in [0.2, 0.25) is 11.8 Å². The van der Waals surface area contributed by atoms with Crippen molar-refractivity contribution in [3.05, 3.63) is 29.6 Å². The molecule has 2 heterocycles. The first kappa shape index (κ1) is 29.7. The molecule has 0 aromatic heterocycles. The third kappa shape index (κ3) is 7.36. The highest BCUT2D eigenvalue weighted by atomic mass is 19.1. The van der Waals surface area contributed by atoms with Crippen molar-refractivity contribution in [1.29, 1.82) is 0 Å². The maximum Gasteiger partial charge on any atom is 0.410 e. The number of carboxylic acids is 1. The Labute approximate surface area is 226 Å². The number of nitrogens with zero attached hydrogens (tertiary/aromatic N) is 4. The third-order valence-corrected chi connectivity index (χ3v) is 6.56. The van der Waals surface area contributed by atoms with E-state index in [0.717, 1.165) is 17.0 Å². The van der Waals surface area contributed by atoms with E-state index in [4.69, 9.17) is 9.47 Å². The fourth-order valence-corrected chi connectivity index (χ4v) is 4.45. The van der Waals surface area contributed by atoms with Gasteiger partial charge in [-0.2, -0.15) is 0 Å². The number of likely N-dealkylation sites (N-methyl/N-ethyl adjacent to an activating group) is 2. The first-order valence-corrected chi connectivity index (χ1v) is 12.6. The maximum atomic E-state index is 14.2. The van der Waals surface area contributed by atoms with Gasteiger partial charge in [0, 0.05) is 40.2 Å². The van der Waals surface area contributed by atoms with E-state index in [1.807, 2.05) is 0 Å². The number of hydrogen-bond acceptors (Lipinski definition) is 7. The van der Waals surface area contributed by atoms with Crippen molar-refractivity contribution in [3.63, 3.8) is 0 Å². The number of amides is 4. The highest BCUT2D eigenvalue weighted by molar-refractivity contribution is 5.99. The fourth-order valence-electron chi connectivity index (χ4n) is 4.45. The molecule has 1 fully saturated rings. The molecule has 39 heavy (non-hydrogen) atoms. The number of aliphatic carboxylic acids is 1. The summed E-state index contributed by atoms with van der Waals surface area (Å²) >= 11 is 0. The summed E-state index contributed by atoms with van der Waals surface area (Å²) < 4.78 is 25.6. The van der Waals surface area contributed by atoms with E-state index in [0.29, 0.717) is 0 Å². The number of rotatable bonds is 1. The summed E-state index contributed by atoms with van der Waals surface area (Å²) in [7, 11) is 2.69. The summed E-state index contributed by atoms with van der Waals surface area (Å²) in [6, 6.07) is 1.24. The van der Waals surface area contributed by atoms with Gasteiger partial charge in [-0.1, -0.05) is 0 Å². The number of carboxylic acid groups (broad SMARTS) is 1. The molecule has 0 aliphatic carbocycles. The van der Waals surface area contributed by atoms with E-state index in [-0.39, 0.29) is 62.8 Å². The molecule has 2 aliphatic heterocycles. The van der Waals surface area contributed by atoms with E-state index in [2.05, 4.69) is 0 Å². The lowest BCUT2D eigenvalue weighted by molar-refractivity contribution is -0.144. The second-order valence-corrected chi connectivity index (χ2v) is 10.7. The molecule has 3 rings (SSSR count). The molecule has 1 aromatic rings. The molecule has 12 nitrogen and oxygen atoms in total. The number of carbonyl (C=O) groups is 5. The number of ether oxygens (including phenoxy) is 2. The number of benzene rings is 1. The minimum atomic E-state index is -1.37. The molecule has 0 spiro atoms. The number of fused-ring (bicyclic) bond motifs is 2. The Morgan fingerprint density at radius 1 is 1.10 bits per heavy atom. The van der Waals surface area contributed by atoms with Crippen LogP contribution in [-0.2, 0) is 19.1 Å². The van der Waals surface area contributed by atoms with E-state index in [1.165, 1.54) is 34.9 Å². The lowest BCUT2D eigenvalue weighted by Gasteiger charge is -2.41. The average Bonchev–Trinajstić information content (AvgIpc) is 2.85. The average molecular weight is 551 g/mol. The van der Waals surface area contributed by atoms with Crippen molar-refractivity contribution < 1.29 is 42.9 Å². The van der Waals surface area contributed by atoms with Crippen LogP contribution in [0, 0.1) is 5.82 Å². The van der Waals surface area contributed by atoms with Crippen molar-refractivity contribution in [3.8, 4) is 5.75 Å². The summed E-state index contributed by atoms with van der Waals surface area (Å²) in [6.07, 6.45) is -1.00. The summed E-state index contributed by atoms with van der Waals surface area (Å²) in [5.74, 6) is -3.74. The first-order chi connectivity index (χ1) is 18.2. The molecule has 0 radical (unpaired) electrons. The van der Waals surface area contributed by atoms with Gasteiger partial charge in [-0.15, -0.1) is 0 Å². The fraction of sp³-hybridized carbons (Fsp3) is 0.577. The summed E-state index contributed by atoms with van der Waals surface area (Å²) in [6.45, 7) is 5.19. The minimum absolute atomic E-state index is 0.0118. The van der Waals surface area contributed by atoms with E-state index >= 15 is 0 Å². The van der Waals surface area contributed by atoms with Gasteiger partial charge >= 0.3 is 12.1 Å². The van der Waals surface area contributed by atoms with Crippen LogP contribution in [0.3, 0.4) is 0 Å². The molecular weight excluding hydrogens is 515 g/mol. The zero-order valence-electron chi connectivity index (χ0n) is 22.8. The molecule has 0 unspecified atom stereocenters. The third-order valence-electron chi connectivity index (χ3n) is 6.56. The van der Waals surface area contributed by atoms with Gasteiger partial charge in [0.1, 0.15) is 29.8 Å². The quantitative estimate of drug-likeness (QED) is 0.555. The smallest absolute Gasteiger partial charge is 0.410 e. The second-order valence-electron chi connectivity index (χ2n) is 10.7. The molecule has 1 saturated heterocycles. The van der Waals surface area contributed by atoms with Crippen LogP contribution in [0.15, 0.2) is 18.2 Å². The normalized spacial score (nSPS) is 21.8. The highest BCUT2D eigenvalue weighted by Gasteiger charge is 2.37. The van der Waals surface area contributed by atoms with Gasteiger partial charge in [0.05, 0.1) is 18.2 Å². The standard InChI is InChI=1S/C26H35FN4O8/c1-26(2,3)39-25(37)30-10-11-31-17(13-30)15-38-20-8-6-16(27)12-18(20)23(34)29(5)19(24(35)36)7-9-21(32)28(4)14-22(31)33/h6,8,12,17,19H,7,9-11,13-15H2,1-5H3,(H,35,36)/t17-,19-/m1/s1. The Morgan fingerprint density at radius 2 is 1.79 bits per heavy atom. The van der Waals surface area contributed by atoms with Gasteiger partial charge in [0.15, 0.2) is 0 Å². The molecule has 1 aromatic carbocycles. The predicted molar refractivity (Wildman–Crippen MR) is 136 cm³/mol. The molecule has 4 amide bonds. The molecule has 2 aliphatic rings. The van der Waals surface area contributed by atoms with Crippen LogP contribution in [0.2, 0.25) is 0 Å². The monoisotopic (exact) mass is 550 g/mol.